The Morgan fingerprint density at radius 3 is 2.73 bits per heavy atom. The van der Waals surface area contributed by atoms with Gasteiger partial charge in [-0.05, 0) is 30.3 Å². The van der Waals surface area contributed by atoms with Crippen molar-refractivity contribution in [3.05, 3.63) is 71.5 Å². The molecule has 0 saturated heterocycles. The van der Waals surface area contributed by atoms with Gasteiger partial charge in [0.1, 0.15) is 5.75 Å². The van der Waals surface area contributed by atoms with Crippen LogP contribution in [0.15, 0.2) is 54.7 Å². The molecule has 0 aliphatic carbocycles. The fraction of sp³-hybridized carbons (Fsp3) is 0. The number of rotatable bonds is 3. The average Bonchev–Trinajstić information content (AvgIpc) is 3.31. The Balaban J connectivity index is 1.71. The first-order chi connectivity index (χ1) is 12.7. The van der Waals surface area contributed by atoms with Crippen molar-refractivity contribution in [2.45, 2.75) is 0 Å². The zero-order valence-electron chi connectivity index (χ0n) is 13.4. The van der Waals surface area contributed by atoms with Crippen molar-refractivity contribution < 1.29 is 14.6 Å². The molecule has 3 N–H and O–H groups in total. The molecule has 0 spiro atoms. The third-order valence-corrected chi connectivity index (χ3v) is 3.73. The summed E-state index contributed by atoms with van der Waals surface area (Å²) in [6.07, 6.45) is 1.77. The summed E-state index contributed by atoms with van der Waals surface area (Å²) in [6, 6.07) is 15.1. The normalized spacial score (nSPS) is 10.3. The standard InChI is InChI=1S/C19H12N4O3/c24-19(25)17-18(22-23-21-17)26-15-9-8-13(16-14(15)10-11-20-16)7-6-12-4-2-1-3-5-12/h1-5,8-11,20H,(H,24,25)(H,21,22,23). The van der Waals surface area contributed by atoms with Gasteiger partial charge in [-0.2, -0.15) is 0 Å². The highest BCUT2D eigenvalue weighted by Crippen LogP contribution is 2.31. The first-order valence-corrected chi connectivity index (χ1v) is 7.72. The lowest BCUT2D eigenvalue weighted by molar-refractivity contribution is 0.0687. The second-order valence-corrected chi connectivity index (χ2v) is 5.39. The molecule has 0 atom stereocenters. The molecule has 0 bridgehead atoms. The number of H-pyrrole nitrogens is 2. The van der Waals surface area contributed by atoms with Crippen LogP contribution in [-0.4, -0.2) is 31.5 Å². The van der Waals surface area contributed by atoms with Gasteiger partial charge in [0.25, 0.3) is 5.88 Å². The van der Waals surface area contributed by atoms with E-state index in [-0.39, 0.29) is 11.6 Å². The Kier molecular flexibility index (Phi) is 3.84. The van der Waals surface area contributed by atoms with Crippen molar-refractivity contribution in [3.63, 3.8) is 0 Å². The maximum absolute atomic E-state index is 11.1. The molecule has 0 radical (unpaired) electrons. The zero-order chi connectivity index (χ0) is 17.9. The van der Waals surface area contributed by atoms with Gasteiger partial charge in [-0.15, -0.1) is 5.10 Å². The summed E-state index contributed by atoms with van der Waals surface area (Å²) < 4.78 is 5.67. The van der Waals surface area contributed by atoms with Gasteiger partial charge in [-0.25, -0.2) is 9.89 Å². The number of benzene rings is 2. The summed E-state index contributed by atoms with van der Waals surface area (Å²) >= 11 is 0. The van der Waals surface area contributed by atoms with Gasteiger partial charge in [0.2, 0.25) is 5.69 Å². The van der Waals surface area contributed by atoms with E-state index in [1.54, 1.807) is 12.3 Å². The predicted molar refractivity (Wildman–Crippen MR) is 94.1 cm³/mol. The number of nitrogens with zero attached hydrogens (tertiary/aromatic N) is 2. The molecule has 4 rings (SSSR count). The lowest BCUT2D eigenvalue weighted by Crippen LogP contribution is -2.00. The van der Waals surface area contributed by atoms with Gasteiger partial charge < -0.3 is 14.8 Å². The number of nitrogens with one attached hydrogen (secondary N) is 2. The highest BCUT2D eigenvalue weighted by molar-refractivity contribution is 5.92. The molecule has 7 nitrogen and oxygen atoms in total. The summed E-state index contributed by atoms with van der Waals surface area (Å²) in [5, 5.41) is 19.3. The van der Waals surface area contributed by atoms with Gasteiger partial charge in [-0.1, -0.05) is 35.3 Å². The van der Waals surface area contributed by atoms with E-state index in [2.05, 4.69) is 32.2 Å². The quantitative estimate of drug-likeness (QED) is 0.495. The summed E-state index contributed by atoms with van der Waals surface area (Å²) in [4.78, 5) is 14.3. The number of aromatic nitrogens is 4. The monoisotopic (exact) mass is 344 g/mol. The topological polar surface area (TPSA) is 104 Å². The Labute approximate surface area is 147 Å². The van der Waals surface area contributed by atoms with Crippen LogP contribution >= 0.6 is 0 Å². The number of carboxylic acid groups (broad SMARTS) is 1. The molecule has 2 aromatic heterocycles. The van der Waals surface area contributed by atoms with Crippen molar-refractivity contribution in [1.82, 2.24) is 20.4 Å². The predicted octanol–water partition coefficient (Wildman–Crippen LogP) is 3.18. The average molecular weight is 344 g/mol. The van der Waals surface area contributed by atoms with Crippen LogP contribution in [0.2, 0.25) is 0 Å². The fourth-order valence-electron chi connectivity index (χ4n) is 2.52. The Hall–Kier alpha value is -4.05. The Morgan fingerprint density at radius 1 is 1.08 bits per heavy atom. The van der Waals surface area contributed by atoms with Gasteiger partial charge in [0.15, 0.2) is 0 Å². The summed E-state index contributed by atoms with van der Waals surface area (Å²) in [6.45, 7) is 0. The van der Waals surface area contributed by atoms with Crippen LogP contribution in [0.4, 0.5) is 0 Å². The second kappa shape index (κ2) is 6.45. The minimum absolute atomic E-state index is 0.0249. The smallest absolute Gasteiger partial charge is 0.362 e. The van der Waals surface area contributed by atoms with Gasteiger partial charge >= 0.3 is 5.97 Å². The number of carboxylic acids is 1. The number of fused-ring (bicyclic) bond motifs is 1. The highest BCUT2D eigenvalue weighted by Gasteiger charge is 2.18. The van der Waals surface area contributed by atoms with Crippen LogP contribution in [0, 0.1) is 11.8 Å². The molecule has 26 heavy (non-hydrogen) atoms. The van der Waals surface area contributed by atoms with Crippen molar-refractivity contribution in [3.8, 4) is 23.5 Å². The number of carbonyl (C=O) groups is 1. The third-order valence-electron chi connectivity index (χ3n) is 3.73. The molecule has 0 aliphatic heterocycles. The van der Waals surface area contributed by atoms with Crippen LogP contribution < -0.4 is 4.74 Å². The first-order valence-electron chi connectivity index (χ1n) is 7.72. The largest absolute Gasteiger partial charge is 0.476 e. The van der Waals surface area contributed by atoms with Crippen LogP contribution in [0.1, 0.15) is 21.6 Å². The molecule has 126 valence electrons. The van der Waals surface area contributed by atoms with Gasteiger partial charge in [0.05, 0.1) is 5.52 Å². The third kappa shape index (κ3) is 2.87. The summed E-state index contributed by atoms with van der Waals surface area (Å²) in [5.41, 5.74) is 2.25. The number of hydrogen-bond donors (Lipinski definition) is 3. The number of aromatic amines is 2. The van der Waals surface area contributed by atoms with Crippen LogP contribution in [-0.2, 0) is 0 Å². The minimum atomic E-state index is -1.22. The summed E-state index contributed by atoms with van der Waals surface area (Å²) in [5.74, 6) is 5.49. The molecule has 0 saturated carbocycles. The van der Waals surface area contributed by atoms with E-state index in [9.17, 15) is 4.79 Å². The molecule has 0 amide bonds. The lowest BCUT2D eigenvalue weighted by Gasteiger charge is -2.06. The fourth-order valence-corrected chi connectivity index (χ4v) is 2.52. The maximum Gasteiger partial charge on any atom is 0.362 e. The van der Waals surface area contributed by atoms with Crippen molar-refractivity contribution in [1.29, 1.82) is 0 Å². The second-order valence-electron chi connectivity index (χ2n) is 5.39. The Morgan fingerprint density at radius 2 is 1.92 bits per heavy atom. The molecule has 7 heteroatoms. The molecule has 4 aromatic rings. The van der Waals surface area contributed by atoms with Crippen molar-refractivity contribution in [2.24, 2.45) is 0 Å². The molecule has 0 aliphatic rings. The molecule has 0 fully saturated rings. The van der Waals surface area contributed by atoms with Crippen LogP contribution in [0.3, 0.4) is 0 Å². The van der Waals surface area contributed by atoms with E-state index in [1.807, 2.05) is 42.5 Å². The zero-order valence-corrected chi connectivity index (χ0v) is 13.4. The molecule has 2 heterocycles. The van der Waals surface area contributed by atoms with E-state index in [0.29, 0.717) is 5.75 Å². The SMILES string of the molecule is O=C(O)c1nn[nH]c1Oc1ccc(C#Cc2ccccc2)c2[nH]ccc12. The molecular formula is C19H12N4O3. The first kappa shape index (κ1) is 15.5. The lowest BCUT2D eigenvalue weighted by atomic mass is 10.1. The van der Waals surface area contributed by atoms with E-state index < -0.39 is 5.97 Å². The summed E-state index contributed by atoms with van der Waals surface area (Å²) in [7, 11) is 0. The highest BCUT2D eigenvalue weighted by atomic mass is 16.5. The van der Waals surface area contributed by atoms with Gasteiger partial charge in [-0.3, -0.25) is 0 Å². The van der Waals surface area contributed by atoms with E-state index in [0.717, 1.165) is 22.0 Å². The van der Waals surface area contributed by atoms with E-state index in [4.69, 9.17) is 9.84 Å². The maximum atomic E-state index is 11.1. The Bertz CT molecular complexity index is 1150. The number of ether oxygens (including phenoxy) is 1. The van der Waals surface area contributed by atoms with E-state index >= 15 is 0 Å². The van der Waals surface area contributed by atoms with E-state index in [1.165, 1.54) is 0 Å². The number of aromatic carboxylic acids is 1. The molecule has 2 aromatic carbocycles. The number of hydrogen-bond acceptors (Lipinski definition) is 4. The van der Waals surface area contributed by atoms with Crippen molar-refractivity contribution in [2.75, 3.05) is 0 Å². The molecular weight excluding hydrogens is 332 g/mol. The van der Waals surface area contributed by atoms with Crippen LogP contribution in [0.5, 0.6) is 11.6 Å². The van der Waals surface area contributed by atoms with Gasteiger partial charge in [0, 0.05) is 22.7 Å². The van der Waals surface area contributed by atoms with Crippen LogP contribution in [0.25, 0.3) is 10.9 Å². The van der Waals surface area contributed by atoms with Crippen molar-refractivity contribution >= 4 is 16.9 Å². The minimum Gasteiger partial charge on any atom is -0.476 e. The molecule has 0 unspecified atom stereocenters.